The Morgan fingerprint density at radius 3 is 2.71 bits per heavy atom. The molecular formula is C10H16N2O3S2. The van der Waals surface area contributed by atoms with Crippen molar-refractivity contribution in [1.82, 2.24) is 5.32 Å². The first kappa shape index (κ1) is 14.1. The van der Waals surface area contributed by atoms with Gasteiger partial charge in [0.2, 0.25) is 10.0 Å². The normalized spacial score (nSPS) is 11.4. The third-order valence-corrected chi connectivity index (χ3v) is 4.57. The van der Waals surface area contributed by atoms with E-state index >= 15 is 0 Å². The number of hydrogen-bond acceptors (Lipinski definition) is 4. The van der Waals surface area contributed by atoms with Crippen molar-refractivity contribution in [2.45, 2.75) is 30.4 Å². The number of rotatable bonds is 6. The summed E-state index contributed by atoms with van der Waals surface area (Å²) in [6.45, 7) is 2.69. The Labute approximate surface area is 105 Å². The summed E-state index contributed by atoms with van der Waals surface area (Å²) in [6.07, 6.45) is 3.07. The molecule has 0 spiro atoms. The SMILES string of the molecule is CCCCCNC(=O)c1csc(S(N)(=O)=O)c1. The first-order chi connectivity index (χ1) is 7.95. The van der Waals surface area contributed by atoms with Crippen molar-refractivity contribution in [3.63, 3.8) is 0 Å². The quantitative estimate of drug-likeness (QED) is 0.768. The summed E-state index contributed by atoms with van der Waals surface area (Å²) in [5, 5.41) is 9.19. The van der Waals surface area contributed by atoms with Crippen LogP contribution in [0.3, 0.4) is 0 Å². The number of amides is 1. The van der Waals surface area contributed by atoms with Gasteiger partial charge in [0.1, 0.15) is 4.21 Å². The second-order valence-electron chi connectivity index (χ2n) is 3.66. The van der Waals surface area contributed by atoms with E-state index in [9.17, 15) is 13.2 Å². The van der Waals surface area contributed by atoms with E-state index in [-0.39, 0.29) is 10.1 Å². The molecule has 1 aromatic heterocycles. The number of nitrogens with two attached hydrogens (primary N) is 1. The lowest BCUT2D eigenvalue weighted by molar-refractivity contribution is 0.0953. The molecule has 5 nitrogen and oxygen atoms in total. The van der Waals surface area contributed by atoms with Crippen LogP contribution in [0.5, 0.6) is 0 Å². The number of hydrogen-bond donors (Lipinski definition) is 2. The molecule has 0 aromatic carbocycles. The number of nitrogens with one attached hydrogen (secondary N) is 1. The van der Waals surface area contributed by atoms with E-state index in [1.165, 1.54) is 11.4 Å². The highest BCUT2D eigenvalue weighted by molar-refractivity contribution is 7.91. The minimum absolute atomic E-state index is 0.0104. The molecule has 0 aliphatic heterocycles. The van der Waals surface area contributed by atoms with Crippen LogP contribution >= 0.6 is 11.3 Å². The Kier molecular flexibility index (Phi) is 5.10. The summed E-state index contributed by atoms with van der Waals surface area (Å²) in [5.74, 6) is -0.257. The molecular weight excluding hydrogens is 260 g/mol. The van der Waals surface area contributed by atoms with E-state index < -0.39 is 10.0 Å². The van der Waals surface area contributed by atoms with E-state index in [1.807, 2.05) is 0 Å². The van der Waals surface area contributed by atoms with Gasteiger partial charge in [-0.15, -0.1) is 11.3 Å². The summed E-state index contributed by atoms with van der Waals surface area (Å²) in [4.78, 5) is 11.6. The van der Waals surface area contributed by atoms with Crippen LogP contribution in [-0.4, -0.2) is 20.9 Å². The Morgan fingerprint density at radius 1 is 1.47 bits per heavy atom. The van der Waals surface area contributed by atoms with Crippen molar-refractivity contribution in [2.75, 3.05) is 6.54 Å². The Hall–Kier alpha value is -0.920. The maximum absolute atomic E-state index is 11.6. The first-order valence-electron chi connectivity index (χ1n) is 5.34. The molecule has 1 aromatic rings. The zero-order chi connectivity index (χ0) is 12.9. The van der Waals surface area contributed by atoms with E-state index in [0.29, 0.717) is 12.1 Å². The maximum Gasteiger partial charge on any atom is 0.252 e. The molecule has 0 saturated carbocycles. The number of thiophene rings is 1. The van der Waals surface area contributed by atoms with Crippen molar-refractivity contribution >= 4 is 27.3 Å². The van der Waals surface area contributed by atoms with Gasteiger partial charge in [-0.05, 0) is 12.5 Å². The molecule has 1 amide bonds. The third kappa shape index (κ3) is 4.45. The number of unbranched alkanes of at least 4 members (excludes halogenated alkanes) is 2. The van der Waals surface area contributed by atoms with Crippen LogP contribution in [0.2, 0.25) is 0 Å². The zero-order valence-electron chi connectivity index (χ0n) is 9.60. The summed E-state index contributed by atoms with van der Waals surface area (Å²) in [5.41, 5.74) is 0.343. The van der Waals surface area contributed by atoms with Crippen molar-refractivity contribution in [1.29, 1.82) is 0 Å². The van der Waals surface area contributed by atoms with Crippen LogP contribution in [0.4, 0.5) is 0 Å². The Bertz CT molecular complexity index is 479. The molecule has 0 atom stereocenters. The van der Waals surface area contributed by atoms with Gasteiger partial charge in [-0.25, -0.2) is 13.6 Å². The molecule has 1 rings (SSSR count). The molecule has 96 valence electrons. The van der Waals surface area contributed by atoms with E-state index in [4.69, 9.17) is 5.14 Å². The van der Waals surface area contributed by atoms with Gasteiger partial charge < -0.3 is 5.32 Å². The van der Waals surface area contributed by atoms with Crippen molar-refractivity contribution in [3.8, 4) is 0 Å². The second kappa shape index (κ2) is 6.13. The van der Waals surface area contributed by atoms with Gasteiger partial charge in [0, 0.05) is 11.9 Å². The van der Waals surface area contributed by atoms with Crippen LogP contribution in [0.25, 0.3) is 0 Å². The molecule has 3 N–H and O–H groups in total. The molecule has 0 unspecified atom stereocenters. The summed E-state index contributed by atoms with van der Waals surface area (Å²) in [7, 11) is -3.71. The monoisotopic (exact) mass is 276 g/mol. The van der Waals surface area contributed by atoms with Crippen LogP contribution in [-0.2, 0) is 10.0 Å². The average Bonchev–Trinajstić information content (AvgIpc) is 2.72. The van der Waals surface area contributed by atoms with Crippen molar-refractivity contribution in [3.05, 3.63) is 17.0 Å². The molecule has 17 heavy (non-hydrogen) atoms. The van der Waals surface area contributed by atoms with Gasteiger partial charge >= 0.3 is 0 Å². The molecule has 7 heteroatoms. The number of carbonyl (C=O) groups excluding carboxylic acids is 1. The lowest BCUT2D eigenvalue weighted by atomic mass is 10.2. The molecule has 0 radical (unpaired) electrons. The van der Waals surface area contributed by atoms with Crippen LogP contribution < -0.4 is 10.5 Å². The largest absolute Gasteiger partial charge is 0.352 e. The topological polar surface area (TPSA) is 89.3 Å². The molecule has 0 bridgehead atoms. The van der Waals surface area contributed by atoms with Gasteiger partial charge in [0.05, 0.1) is 5.56 Å². The molecule has 0 aliphatic carbocycles. The Morgan fingerprint density at radius 2 is 2.18 bits per heavy atom. The van der Waals surface area contributed by atoms with Gasteiger partial charge in [-0.2, -0.15) is 0 Å². The van der Waals surface area contributed by atoms with Crippen molar-refractivity contribution in [2.24, 2.45) is 5.14 Å². The standard InChI is InChI=1S/C10H16N2O3S2/c1-2-3-4-5-12-10(13)8-6-9(16-7-8)17(11,14)15/h6-7H,2-5H2,1H3,(H,12,13)(H2,11,14,15). The number of carbonyl (C=O) groups is 1. The minimum Gasteiger partial charge on any atom is -0.352 e. The fraction of sp³-hybridized carbons (Fsp3) is 0.500. The summed E-state index contributed by atoms with van der Waals surface area (Å²) >= 11 is 0.955. The number of sulfonamides is 1. The minimum atomic E-state index is -3.71. The first-order valence-corrected chi connectivity index (χ1v) is 7.77. The molecule has 1 heterocycles. The fourth-order valence-electron chi connectivity index (χ4n) is 1.26. The highest BCUT2D eigenvalue weighted by atomic mass is 32.2. The summed E-state index contributed by atoms with van der Waals surface area (Å²) < 4.78 is 22.1. The van der Waals surface area contributed by atoms with Gasteiger partial charge in [0.25, 0.3) is 5.91 Å². The highest BCUT2D eigenvalue weighted by Gasteiger charge is 2.14. The predicted molar refractivity (Wildman–Crippen MR) is 67.6 cm³/mol. The summed E-state index contributed by atoms with van der Waals surface area (Å²) in [6, 6.07) is 1.30. The van der Waals surface area contributed by atoms with Gasteiger partial charge in [-0.1, -0.05) is 19.8 Å². The molecule has 0 fully saturated rings. The predicted octanol–water partition coefficient (Wildman–Crippen LogP) is 1.32. The average molecular weight is 276 g/mol. The van der Waals surface area contributed by atoms with Crippen LogP contribution in [0.15, 0.2) is 15.7 Å². The fourth-order valence-corrected chi connectivity index (χ4v) is 2.85. The molecule has 0 aliphatic rings. The van der Waals surface area contributed by atoms with Crippen molar-refractivity contribution < 1.29 is 13.2 Å². The second-order valence-corrected chi connectivity index (χ2v) is 6.36. The number of primary sulfonamides is 1. The lowest BCUT2D eigenvalue weighted by Gasteiger charge is -2.02. The van der Waals surface area contributed by atoms with Crippen LogP contribution in [0, 0.1) is 0 Å². The highest BCUT2D eigenvalue weighted by Crippen LogP contribution is 2.18. The zero-order valence-corrected chi connectivity index (χ0v) is 11.2. The van der Waals surface area contributed by atoms with Gasteiger partial charge in [-0.3, -0.25) is 4.79 Å². The third-order valence-electron chi connectivity index (χ3n) is 2.18. The molecule has 0 saturated heterocycles. The van der Waals surface area contributed by atoms with E-state index in [0.717, 1.165) is 30.6 Å². The lowest BCUT2D eigenvalue weighted by Crippen LogP contribution is -2.23. The van der Waals surface area contributed by atoms with Gasteiger partial charge in [0.15, 0.2) is 0 Å². The van der Waals surface area contributed by atoms with E-state index in [2.05, 4.69) is 12.2 Å². The smallest absolute Gasteiger partial charge is 0.252 e. The van der Waals surface area contributed by atoms with E-state index in [1.54, 1.807) is 0 Å². The Balaban J connectivity index is 2.56. The maximum atomic E-state index is 11.6. The van der Waals surface area contributed by atoms with Crippen LogP contribution in [0.1, 0.15) is 36.5 Å².